The molecule has 0 fully saturated rings. The first-order chi connectivity index (χ1) is 9.43. The number of hydrogen-bond acceptors (Lipinski definition) is 0. The number of benzene rings is 3. The van der Waals surface area contributed by atoms with E-state index < -0.39 is 0 Å². The van der Waals surface area contributed by atoms with Gasteiger partial charge in [0.05, 0.1) is 0 Å². The van der Waals surface area contributed by atoms with Crippen molar-refractivity contribution in [2.45, 2.75) is 13.8 Å². The molecule has 20 heavy (non-hydrogen) atoms. The van der Waals surface area contributed by atoms with Crippen LogP contribution in [0.2, 0.25) is 0 Å². The molecule has 102 valence electrons. The van der Waals surface area contributed by atoms with Crippen LogP contribution in [0.5, 0.6) is 0 Å². The molecule has 0 aliphatic rings. The first-order valence-electron chi connectivity index (χ1n) is 6.22. The zero-order valence-corrected chi connectivity index (χ0v) is 18.6. The average molecular weight is 522 g/mol. The van der Waals surface area contributed by atoms with Crippen LogP contribution >= 0.6 is 0 Å². The Balaban J connectivity index is 2.68. The molecule has 0 unspecified atom stereocenters. The van der Waals surface area contributed by atoms with Gasteiger partial charge >= 0.3 is 153 Å². The maximum absolute atomic E-state index is 2.78. The van der Waals surface area contributed by atoms with Gasteiger partial charge in [0.25, 0.3) is 0 Å². The van der Waals surface area contributed by atoms with Crippen LogP contribution in [-0.2, 0) is 0 Å². The van der Waals surface area contributed by atoms with Gasteiger partial charge in [0.2, 0.25) is 0 Å². The molecule has 0 aromatic heterocycles. The molecular formula is C16H14Se4. The first kappa shape index (κ1) is 15.2. The molecule has 0 N–H and O–H groups in total. The van der Waals surface area contributed by atoms with E-state index in [1.54, 1.807) is 0 Å². The van der Waals surface area contributed by atoms with Crippen LogP contribution in [0, 0.1) is 13.8 Å². The standard InChI is InChI=1S/C16H14Se4/c1-7-8(2)15(19)13-10(14(7)18)6-9-4-3-5-11(17)12(9)16(13)20/h3-6,17-20H,1-2H3. The van der Waals surface area contributed by atoms with E-state index in [1.165, 1.54) is 50.5 Å². The van der Waals surface area contributed by atoms with Crippen molar-refractivity contribution in [1.29, 1.82) is 0 Å². The second-order valence-electron chi connectivity index (χ2n) is 4.97. The molecular weight excluding hydrogens is 508 g/mol. The predicted octanol–water partition coefficient (Wildman–Crippen LogP) is -1.29. The fraction of sp³-hybridized carbons (Fsp3) is 0.125. The van der Waals surface area contributed by atoms with Crippen molar-refractivity contribution in [1.82, 2.24) is 0 Å². The van der Waals surface area contributed by atoms with Crippen molar-refractivity contribution in [2.75, 3.05) is 0 Å². The molecule has 0 saturated carbocycles. The van der Waals surface area contributed by atoms with Crippen LogP contribution in [-0.4, -0.2) is 64.1 Å². The summed E-state index contributed by atoms with van der Waals surface area (Å²) in [6.45, 7) is 4.42. The first-order valence-corrected chi connectivity index (χ1v) is 9.97. The Kier molecular flexibility index (Phi) is 4.15. The van der Waals surface area contributed by atoms with Gasteiger partial charge in [-0.05, 0) is 0 Å². The summed E-state index contributed by atoms with van der Waals surface area (Å²) in [5.41, 5.74) is 2.76. The van der Waals surface area contributed by atoms with Crippen molar-refractivity contribution in [3.8, 4) is 0 Å². The van der Waals surface area contributed by atoms with Gasteiger partial charge < -0.3 is 0 Å². The molecule has 0 aliphatic carbocycles. The summed E-state index contributed by atoms with van der Waals surface area (Å²) in [5.74, 6) is 0. The Morgan fingerprint density at radius 2 is 1.40 bits per heavy atom. The Bertz CT molecular complexity index is 866. The molecule has 3 aromatic rings. The van der Waals surface area contributed by atoms with E-state index in [9.17, 15) is 0 Å². The molecule has 3 aromatic carbocycles. The summed E-state index contributed by atoms with van der Waals surface area (Å²) in [6, 6.07) is 8.82. The van der Waals surface area contributed by atoms with Crippen LogP contribution in [0.25, 0.3) is 21.5 Å². The third-order valence-electron chi connectivity index (χ3n) is 3.88. The van der Waals surface area contributed by atoms with Gasteiger partial charge in [-0.2, -0.15) is 0 Å². The normalized spacial score (nSPS) is 11.5. The fourth-order valence-electron chi connectivity index (χ4n) is 2.59. The SMILES string of the molecule is Cc1c(C)c([SeH])c2c([SeH])c3c([SeH])cccc3cc2c1[SeH]. The van der Waals surface area contributed by atoms with Crippen LogP contribution in [0.15, 0.2) is 24.3 Å². The summed E-state index contributed by atoms with van der Waals surface area (Å²) >= 11 is 11.0. The Morgan fingerprint density at radius 1 is 0.750 bits per heavy atom. The second-order valence-corrected chi connectivity index (χ2v) is 8.80. The van der Waals surface area contributed by atoms with Crippen molar-refractivity contribution in [3.05, 3.63) is 35.4 Å². The zero-order chi connectivity index (χ0) is 14.6. The predicted molar refractivity (Wildman–Crippen MR) is 98.1 cm³/mol. The molecule has 0 nitrogen and oxygen atoms in total. The van der Waals surface area contributed by atoms with Crippen molar-refractivity contribution in [2.24, 2.45) is 0 Å². The third-order valence-corrected chi connectivity index (χ3v) is 7.98. The average Bonchev–Trinajstić information content (AvgIpc) is 2.42. The number of hydrogen-bond donors (Lipinski definition) is 0. The molecule has 0 spiro atoms. The van der Waals surface area contributed by atoms with Gasteiger partial charge in [0.15, 0.2) is 0 Å². The van der Waals surface area contributed by atoms with E-state index >= 15 is 0 Å². The van der Waals surface area contributed by atoms with E-state index in [-0.39, 0.29) is 0 Å². The van der Waals surface area contributed by atoms with Crippen molar-refractivity contribution >= 4 is 103 Å². The Labute approximate surface area is 151 Å². The monoisotopic (exact) mass is 526 g/mol. The van der Waals surface area contributed by atoms with Gasteiger partial charge in [0, 0.05) is 0 Å². The van der Waals surface area contributed by atoms with E-state index in [2.05, 4.69) is 102 Å². The second kappa shape index (κ2) is 5.47. The van der Waals surface area contributed by atoms with Crippen molar-refractivity contribution in [3.63, 3.8) is 0 Å². The summed E-state index contributed by atoms with van der Waals surface area (Å²) in [6.07, 6.45) is 0. The third kappa shape index (κ3) is 2.15. The van der Waals surface area contributed by atoms with E-state index in [0.29, 0.717) is 0 Å². The maximum atomic E-state index is 2.78. The molecule has 0 heterocycles. The molecule has 4 heteroatoms. The molecule has 0 amide bonds. The van der Waals surface area contributed by atoms with Crippen LogP contribution < -0.4 is 17.8 Å². The fourth-order valence-corrected chi connectivity index (χ4v) is 6.68. The minimum absolute atomic E-state index is 1.28. The van der Waals surface area contributed by atoms with E-state index in [4.69, 9.17) is 0 Å². The topological polar surface area (TPSA) is 0 Å². The van der Waals surface area contributed by atoms with E-state index in [1.807, 2.05) is 0 Å². The minimum atomic E-state index is 1.28. The molecule has 0 radical (unpaired) electrons. The number of fused-ring (bicyclic) bond motifs is 2. The molecule has 0 aliphatic heterocycles. The van der Waals surface area contributed by atoms with Crippen molar-refractivity contribution < 1.29 is 0 Å². The quantitative estimate of drug-likeness (QED) is 0.255. The van der Waals surface area contributed by atoms with Gasteiger partial charge in [-0.25, -0.2) is 0 Å². The van der Waals surface area contributed by atoms with Gasteiger partial charge in [-0.3, -0.25) is 0 Å². The van der Waals surface area contributed by atoms with Crippen LogP contribution in [0.4, 0.5) is 0 Å². The van der Waals surface area contributed by atoms with Gasteiger partial charge in [-0.1, -0.05) is 0 Å². The van der Waals surface area contributed by atoms with Crippen LogP contribution in [0.1, 0.15) is 11.1 Å². The van der Waals surface area contributed by atoms with Gasteiger partial charge in [-0.15, -0.1) is 0 Å². The summed E-state index contributed by atoms with van der Waals surface area (Å²) in [7, 11) is 0. The van der Waals surface area contributed by atoms with Crippen LogP contribution in [0.3, 0.4) is 0 Å². The van der Waals surface area contributed by atoms with E-state index in [0.717, 1.165) is 0 Å². The Hall–Kier alpha value is 0.258. The molecule has 0 atom stereocenters. The molecule has 0 saturated heterocycles. The summed E-state index contributed by atoms with van der Waals surface area (Å²) < 4.78 is 5.29. The number of rotatable bonds is 0. The summed E-state index contributed by atoms with van der Waals surface area (Å²) in [5, 5.41) is 5.39. The summed E-state index contributed by atoms with van der Waals surface area (Å²) in [4.78, 5) is 0. The zero-order valence-electron chi connectivity index (χ0n) is 11.1. The molecule has 3 rings (SSSR count). The van der Waals surface area contributed by atoms with Gasteiger partial charge in [0.1, 0.15) is 0 Å². The molecule has 0 bridgehead atoms. The Morgan fingerprint density at radius 3 is 2.10 bits per heavy atom.